The summed E-state index contributed by atoms with van der Waals surface area (Å²) in [5.41, 5.74) is 7.34. The van der Waals surface area contributed by atoms with Crippen LogP contribution in [0.5, 0.6) is 0 Å². The SMILES string of the molecule is Cl.Cn1c(CCN)nnc1SCc1cncs1. The molecule has 2 rings (SSSR count). The normalized spacial score (nSPS) is 10.2. The highest BCUT2D eigenvalue weighted by Crippen LogP contribution is 2.22. The third kappa shape index (κ3) is 3.67. The zero-order chi connectivity index (χ0) is 11.4. The molecule has 0 radical (unpaired) electrons. The Morgan fingerprint density at radius 2 is 2.29 bits per heavy atom. The van der Waals surface area contributed by atoms with E-state index < -0.39 is 0 Å². The molecule has 0 saturated carbocycles. The number of aromatic nitrogens is 4. The van der Waals surface area contributed by atoms with Crippen molar-refractivity contribution in [1.82, 2.24) is 19.7 Å². The van der Waals surface area contributed by atoms with E-state index in [1.807, 2.05) is 23.3 Å². The number of hydrogen-bond donors (Lipinski definition) is 1. The predicted octanol–water partition coefficient (Wildman–Crippen LogP) is 1.49. The van der Waals surface area contributed by atoms with Crippen molar-refractivity contribution in [3.63, 3.8) is 0 Å². The fourth-order valence-corrected chi connectivity index (χ4v) is 2.84. The van der Waals surface area contributed by atoms with E-state index in [1.165, 1.54) is 4.88 Å². The van der Waals surface area contributed by atoms with Crippen LogP contribution < -0.4 is 5.73 Å². The molecular formula is C9H14ClN5S2. The first-order valence-electron chi connectivity index (χ1n) is 4.89. The van der Waals surface area contributed by atoms with Gasteiger partial charge in [0.25, 0.3) is 0 Å². The molecule has 0 unspecified atom stereocenters. The zero-order valence-corrected chi connectivity index (χ0v) is 11.8. The van der Waals surface area contributed by atoms with Gasteiger partial charge in [-0.1, -0.05) is 11.8 Å². The van der Waals surface area contributed by atoms with E-state index in [-0.39, 0.29) is 12.4 Å². The largest absolute Gasteiger partial charge is 0.330 e. The maximum Gasteiger partial charge on any atom is 0.191 e. The van der Waals surface area contributed by atoms with E-state index in [1.54, 1.807) is 23.1 Å². The van der Waals surface area contributed by atoms with Crippen LogP contribution in [-0.4, -0.2) is 26.3 Å². The summed E-state index contributed by atoms with van der Waals surface area (Å²) < 4.78 is 2.00. The van der Waals surface area contributed by atoms with Crippen LogP contribution in [0.1, 0.15) is 10.7 Å². The van der Waals surface area contributed by atoms with Crippen molar-refractivity contribution >= 4 is 35.5 Å². The van der Waals surface area contributed by atoms with Gasteiger partial charge in [-0.3, -0.25) is 4.98 Å². The van der Waals surface area contributed by atoms with Gasteiger partial charge in [0, 0.05) is 30.3 Å². The van der Waals surface area contributed by atoms with Crippen molar-refractivity contribution < 1.29 is 0 Å². The van der Waals surface area contributed by atoms with Gasteiger partial charge in [-0.05, 0) is 6.54 Å². The number of thiazole rings is 1. The quantitative estimate of drug-likeness (QED) is 0.845. The smallest absolute Gasteiger partial charge is 0.191 e. The number of hydrogen-bond acceptors (Lipinski definition) is 6. The van der Waals surface area contributed by atoms with Gasteiger partial charge in [-0.15, -0.1) is 33.9 Å². The lowest BCUT2D eigenvalue weighted by atomic mass is 10.4. The van der Waals surface area contributed by atoms with Crippen LogP contribution >= 0.6 is 35.5 Å². The van der Waals surface area contributed by atoms with Gasteiger partial charge >= 0.3 is 0 Å². The second kappa shape index (κ2) is 6.95. The highest BCUT2D eigenvalue weighted by Gasteiger charge is 2.08. The van der Waals surface area contributed by atoms with Crippen LogP contribution in [0.15, 0.2) is 16.9 Å². The number of halogens is 1. The standard InChI is InChI=1S/C9H13N5S2.ClH/c1-14-8(2-3-10)12-13-9(14)15-5-7-4-11-6-16-7;/h4,6H,2-3,5,10H2,1H3;1H. The molecule has 0 aliphatic carbocycles. The molecule has 0 aliphatic rings. The first-order valence-corrected chi connectivity index (χ1v) is 6.76. The number of thioether (sulfide) groups is 1. The Morgan fingerprint density at radius 3 is 2.94 bits per heavy atom. The maximum absolute atomic E-state index is 5.50. The molecule has 2 N–H and O–H groups in total. The fourth-order valence-electron chi connectivity index (χ4n) is 1.27. The Balaban J connectivity index is 0.00000144. The molecule has 94 valence electrons. The van der Waals surface area contributed by atoms with E-state index in [0.29, 0.717) is 6.54 Å². The van der Waals surface area contributed by atoms with Crippen LogP contribution in [0, 0.1) is 0 Å². The lowest BCUT2D eigenvalue weighted by Crippen LogP contribution is -2.08. The molecule has 0 aliphatic heterocycles. The molecular weight excluding hydrogens is 278 g/mol. The molecule has 2 aromatic rings. The van der Waals surface area contributed by atoms with Gasteiger partial charge in [0.1, 0.15) is 5.82 Å². The van der Waals surface area contributed by atoms with E-state index in [2.05, 4.69) is 15.2 Å². The summed E-state index contributed by atoms with van der Waals surface area (Å²) >= 11 is 3.33. The topological polar surface area (TPSA) is 69.6 Å². The first kappa shape index (κ1) is 14.4. The molecule has 2 aromatic heterocycles. The molecule has 8 heteroatoms. The van der Waals surface area contributed by atoms with Crippen LogP contribution in [-0.2, 0) is 19.2 Å². The van der Waals surface area contributed by atoms with E-state index >= 15 is 0 Å². The third-order valence-corrected chi connectivity index (χ3v) is 4.15. The zero-order valence-electron chi connectivity index (χ0n) is 9.37. The van der Waals surface area contributed by atoms with Gasteiger partial charge in [0.05, 0.1) is 5.51 Å². The van der Waals surface area contributed by atoms with Crippen molar-refractivity contribution in [2.45, 2.75) is 17.3 Å². The predicted molar refractivity (Wildman–Crippen MR) is 72.7 cm³/mol. The molecule has 0 atom stereocenters. The van der Waals surface area contributed by atoms with Crippen LogP contribution in [0.4, 0.5) is 0 Å². The highest BCUT2D eigenvalue weighted by molar-refractivity contribution is 7.98. The minimum Gasteiger partial charge on any atom is -0.330 e. The van der Waals surface area contributed by atoms with E-state index in [0.717, 1.165) is 23.2 Å². The number of rotatable bonds is 5. The summed E-state index contributed by atoms with van der Waals surface area (Å²) in [4.78, 5) is 5.28. The monoisotopic (exact) mass is 291 g/mol. The van der Waals surface area contributed by atoms with Gasteiger partial charge in [-0.25, -0.2) is 0 Å². The van der Waals surface area contributed by atoms with Gasteiger partial charge < -0.3 is 10.3 Å². The first-order chi connectivity index (χ1) is 7.81. The fraction of sp³-hybridized carbons (Fsp3) is 0.444. The van der Waals surface area contributed by atoms with Crippen molar-refractivity contribution in [3.05, 3.63) is 22.4 Å². The molecule has 0 spiro atoms. The second-order valence-electron chi connectivity index (χ2n) is 3.25. The van der Waals surface area contributed by atoms with Crippen molar-refractivity contribution in [3.8, 4) is 0 Å². The highest BCUT2D eigenvalue weighted by atomic mass is 35.5. The van der Waals surface area contributed by atoms with Crippen molar-refractivity contribution in [2.24, 2.45) is 12.8 Å². The summed E-state index contributed by atoms with van der Waals surface area (Å²) in [5, 5.41) is 9.17. The minimum absolute atomic E-state index is 0. The Labute approximate surface area is 114 Å². The molecule has 0 aromatic carbocycles. The summed E-state index contributed by atoms with van der Waals surface area (Å²) in [6.07, 6.45) is 2.65. The lowest BCUT2D eigenvalue weighted by Gasteiger charge is -2.01. The summed E-state index contributed by atoms with van der Waals surface area (Å²) in [6, 6.07) is 0. The Hall–Kier alpha value is -0.630. The number of nitrogens with two attached hydrogens (primary N) is 1. The van der Waals surface area contributed by atoms with Crippen molar-refractivity contribution in [1.29, 1.82) is 0 Å². The molecule has 0 saturated heterocycles. The molecule has 0 fully saturated rings. The third-order valence-electron chi connectivity index (χ3n) is 2.12. The lowest BCUT2D eigenvalue weighted by molar-refractivity contribution is 0.727. The Morgan fingerprint density at radius 1 is 1.47 bits per heavy atom. The Kier molecular flexibility index (Phi) is 5.90. The summed E-state index contributed by atoms with van der Waals surface area (Å²) in [5.74, 6) is 1.83. The van der Waals surface area contributed by atoms with E-state index in [9.17, 15) is 0 Å². The molecule has 0 amide bonds. The molecule has 0 bridgehead atoms. The second-order valence-corrected chi connectivity index (χ2v) is 5.17. The Bertz CT molecular complexity index is 442. The van der Waals surface area contributed by atoms with Crippen LogP contribution in [0.2, 0.25) is 0 Å². The summed E-state index contributed by atoms with van der Waals surface area (Å²) in [6.45, 7) is 0.603. The average Bonchev–Trinajstić information content (AvgIpc) is 2.89. The molecule has 2 heterocycles. The van der Waals surface area contributed by atoms with Crippen molar-refractivity contribution in [2.75, 3.05) is 6.54 Å². The molecule has 17 heavy (non-hydrogen) atoms. The van der Waals surface area contributed by atoms with E-state index in [4.69, 9.17) is 5.73 Å². The van der Waals surface area contributed by atoms with Gasteiger partial charge in [-0.2, -0.15) is 0 Å². The maximum atomic E-state index is 5.50. The van der Waals surface area contributed by atoms with Gasteiger partial charge in [0.15, 0.2) is 5.16 Å². The molecule has 5 nitrogen and oxygen atoms in total. The number of nitrogens with zero attached hydrogens (tertiary/aromatic N) is 4. The van der Waals surface area contributed by atoms with Gasteiger partial charge in [0.2, 0.25) is 0 Å². The average molecular weight is 292 g/mol. The van der Waals surface area contributed by atoms with Crippen LogP contribution in [0.3, 0.4) is 0 Å². The summed E-state index contributed by atoms with van der Waals surface area (Å²) in [7, 11) is 1.97. The minimum atomic E-state index is 0. The van der Waals surface area contributed by atoms with Crippen LogP contribution in [0.25, 0.3) is 0 Å².